The van der Waals surface area contributed by atoms with Gasteiger partial charge in [0.15, 0.2) is 0 Å². The molecule has 2 aromatic rings. The summed E-state index contributed by atoms with van der Waals surface area (Å²) in [5.41, 5.74) is 0.601. The zero-order valence-corrected chi connectivity index (χ0v) is 9.58. The first-order valence-electron chi connectivity index (χ1n) is 5.37. The maximum atomic E-state index is 8.78. The predicted molar refractivity (Wildman–Crippen MR) is 63.6 cm³/mol. The van der Waals surface area contributed by atoms with Gasteiger partial charge in [0.2, 0.25) is 5.82 Å². The SMILES string of the molecule is N#Cc1ccc(OCCn2ccnc2C#N)cc1. The molecular weight excluding hydrogens is 228 g/mol. The van der Waals surface area contributed by atoms with Crippen molar-refractivity contribution in [2.24, 2.45) is 0 Å². The van der Waals surface area contributed by atoms with Crippen LogP contribution in [0.3, 0.4) is 0 Å². The molecule has 1 aromatic carbocycles. The van der Waals surface area contributed by atoms with E-state index in [1.165, 1.54) is 0 Å². The quantitative estimate of drug-likeness (QED) is 0.812. The van der Waals surface area contributed by atoms with E-state index in [4.69, 9.17) is 15.3 Å². The molecule has 0 fully saturated rings. The Bertz CT molecular complexity index is 601. The summed E-state index contributed by atoms with van der Waals surface area (Å²) in [5.74, 6) is 1.08. The van der Waals surface area contributed by atoms with Gasteiger partial charge in [0.1, 0.15) is 18.4 Å². The third-order valence-electron chi connectivity index (χ3n) is 2.40. The highest BCUT2D eigenvalue weighted by atomic mass is 16.5. The van der Waals surface area contributed by atoms with Crippen LogP contribution in [0.4, 0.5) is 0 Å². The van der Waals surface area contributed by atoms with Crippen LogP contribution < -0.4 is 4.74 Å². The van der Waals surface area contributed by atoms with Crippen LogP contribution in [-0.4, -0.2) is 16.2 Å². The summed E-state index contributed by atoms with van der Waals surface area (Å²) in [6.07, 6.45) is 3.32. The van der Waals surface area contributed by atoms with Crippen LogP contribution in [0.1, 0.15) is 11.4 Å². The minimum atomic E-state index is 0.374. The molecule has 5 heteroatoms. The Balaban J connectivity index is 1.89. The third-order valence-corrected chi connectivity index (χ3v) is 2.40. The smallest absolute Gasteiger partial charge is 0.212 e. The second-order valence-electron chi connectivity index (χ2n) is 3.54. The van der Waals surface area contributed by atoms with Crippen LogP contribution in [0.5, 0.6) is 5.75 Å². The van der Waals surface area contributed by atoms with Gasteiger partial charge < -0.3 is 9.30 Å². The summed E-state index contributed by atoms with van der Waals surface area (Å²) < 4.78 is 7.24. The van der Waals surface area contributed by atoms with E-state index in [-0.39, 0.29) is 0 Å². The minimum Gasteiger partial charge on any atom is -0.492 e. The first kappa shape index (κ1) is 11.7. The number of aromatic nitrogens is 2. The molecule has 0 amide bonds. The minimum absolute atomic E-state index is 0.374. The number of rotatable bonds is 4. The van der Waals surface area contributed by atoms with E-state index in [9.17, 15) is 0 Å². The molecule has 5 nitrogen and oxygen atoms in total. The number of nitriles is 2. The second-order valence-corrected chi connectivity index (χ2v) is 3.54. The van der Waals surface area contributed by atoms with Crippen molar-refractivity contribution in [2.45, 2.75) is 6.54 Å². The summed E-state index contributed by atoms with van der Waals surface area (Å²) in [6.45, 7) is 1.000. The van der Waals surface area contributed by atoms with Gasteiger partial charge in [-0.25, -0.2) is 4.98 Å². The fourth-order valence-corrected chi connectivity index (χ4v) is 1.49. The average Bonchev–Trinajstić information content (AvgIpc) is 2.87. The molecule has 0 saturated heterocycles. The van der Waals surface area contributed by atoms with E-state index in [1.54, 1.807) is 41.2 Å². The number of hydrogen-bond donors (Lipinski definition) is 0. The van der Waals surface area contributed by atoms with Gasteiger partial charge in [-0.3, -0.25) is 0 Å². The zero-order chi connectivity index (χ0) is 12.8. The van der Waals surface area contributed by atoms with Crippen LogP contribution in [0.15, 0.2) is 36.7 Å². The molecule has 1 heterocycles. The zero-order valence-electron chi connectivity index (χ0n) is 9.58. The summed E-state index contributed by atoms with van der Waals surface area (Å²) in [6, 6.07) is 10.9. The van der Waals surface area contributed by atoms with Crippen molar-refractivity contribution in [1.29, 1.82) is 10.5 Å². The lowest BCUT2D eigenvalue weighted by atomic mass is 10.2. The highest BCUT2D eigenvalue weighted by Gasteiger charge is 2.01. The molecule has 18 heavy (non-hydrogen) atoms. The highest BCUT2D eigenvalue weighted by Crippen LogP contribution is 2.11. The molecule has 0 spiro atoms. The van der Waals surface area contributed by atoms with Gasteiger partial charge >= 0.3 is 0 Å². The number of hydrogen-bond acceptors (Lipinski definition) is 4. The van der Waals surface area contributed by atoms with Crippen molar-refractivity contribution < 1.29 is 4.74 Å². The van der Waals surface area contributed by atoms with Crippen LogP contribution in [0.25, 0.3) is 0 Å². The summed E-state index contributed by atoms with van der Waals surface area (Å²) in [7, 11) is 0. The molecular formula is C13H10N4O. The first-order chi connectivity index (χ1) is 8.83. The van der Waals surface area contributed by atoms with Gasteiger partial charge in [-0.2, -0.15) is 10.5 Å². The third kappa shape index (κ3) is 2.66. The molecule has 0 atom stereocenters. The predicted octanol–water partition coefficient (Wildman–Crippen LogP) is 1.71. The molecule has 0 aliphatic rings. The molecule has 2 rings (SSSR count). The monoisotopic (exact) mass is 238 g/mol. The molecule has 0 radical (unpaired) electrons. The van der Waals surface area contributed by atoms with Crippen molar-refractivity contribution in [3.05, 3.63) is 48.0 Å². The van der Waals surface area contributed by atoms with Crippen LogP contribution >= 0.6 is 0 Å². The fraction of sp³-hybridized carbons (Fsp3) is 0.154. The van der Waals surface area contributed by atoms with E-state index in [1.807, 2.05) is 12.1 Å². The first-order valence-corrected chi connectivity index (χ1v) is 5.37. The number of imidazole rings is 1. The summed E-state index contributed by atoms with van der Waals surface area (Å²) >= 11 is 0. The normalized spacial score (nSPS) is 9.44. The number of nitrogens with zero attached hydrogens (tertiary/aromatic N) is 4. The standard InChI is InChI=1S/C13H10N4O/c14-9-11-1-3-12(4-2-11)18-8-7-17-6-5-16-13(17)10-15/h1-6H,7-8H2. The van der Waals surface area contributed by atoms with Gasteiger partial charge in [0.25, 0.3) is 0 Å². The Morgan fingerprint density at radius 1 is 1.17 bits per heavy atom. The van der Waals surface area contributed by atoms with Crippen molar-refractivity contribution in [2.75, 3.05) is 6.61 Å². The van der Waals surface area contributed by atoms with E-state index in [2.05, 4.69) is 4.98 Å². The largest absolute Gasteiger partial charge is 0.492 e. The molecule has 0 saturated carbocycles. The summed E-state index contributed by atoms with van der Waals surface area (Å²) in [5, 5.41) is 17.4. The van der Waals surface area contributed by atoms with Crippen LogP contribution in [0.2, 0.25) is 0 Å². The van der Waals surface area contributed by atoms with Gasteiger partial charge in [0.05, 0.1) is 18.2 Å². The molecule has 1 aromatic heterocycles. The van der Waals surface area contributed by atoms with Crippen molar-refractivity contribution >= 4 is 0 Å². The Labute approximate surface area is 104 Å². The second kappa shape index (κ2) is 5.51. The average molecular weight is 238 g/mol. The van der Waals surface area contributed by atoms with Gasteiger partial charge in [-0.1, -0.05) is 0 Å². The van der Waals surface area contributed by atoms with Crippen molar-refractivity contribution in [3.8, 4) is 17.9 Å². The molecule has 0 bridgehead atoms. The maximum absolute atomic E-state index is 8.78. The lowest BCUT2D eigenvalue weighted by Crippen LogP contribution is -2.09. The Kier molecular flexibility index (Phi) is 3.58. The Hall–Kier alpha value is -2.79. The van der Waals surface area contributed by atoms with Crippen molar-refractivity contribution in [1.82, 2.24) is 9.55 Å². The number of benzene rings is 1. The highest BCUT2D eigenvalue weighted by molar-refractivity contribution is 5.34. The summed E-state index contributed by atoms with van der Waals surface area (Å²) in [4.78, 5) is 3.89. The number of ether oxygens (including phenoxy) is 1. The molecule has 0 N–H and O–H groups in total. The van der Waals surface area contributed by atoms with Crippen LogP contribution in [0, 0.1) is 22.7 Å². The molecule has 0 unspecified atom stereocenters. The van der Waals surface area contributed by atoms with E-state index in [0.29, 0.717) is 30.3 Å². The molecule has 0 aliphatic heterocycles. The van der Waals surface area contributed by atoms with E-state index in [0.717, 1.165) is 0 Å². The topological polar surface area (TPSA) is 74.6 Å². The van der Waals surface area contributed by atoms with Gasteiger partial charge in [-0.05, 0) is 24.3 Å². The Morgan fingerprint density at radius 2 is 1.94 bits per heavy atom. The lowest BCUT2D eigenvalue weighted by molar-refractivity contribution is 0.297. The van der Waals surface area contributed by atoms with Crippen LogP contribution in [-0.2, 0) is 6.54 Å². The molecule has 88 valence electrons. The molecule has 0 aliphatic carbocycles. The van der Waals surface area contributed by atoms with Crippen molar-refractivity contribution in [3.63, 3.8) is 0 Å². The Morgan fingerprint density at radius 3 is 2.61 bits per heavy atom. The van der Waals surface area contributed by atoms with E-state index >= 15 is 0 Å². The van der Waals surface area contributed by atoms with Gasteiger partial charge in [-0.15, -0.1) is 0 Å². The van der Waals surface area contributed by atoms with Gasteiger partial charge in [0, 0.05) is 12.4 Å². The maximum Gasteiger partial charge on any atom is 0.212 e. The van der Waals surface area contributed by atoms with E-state index < -0.39 is 0 Å². The fourth-order valence-electron chi connectivity index (χ4n) is 1.49. The lowest BCUT2D eigenvalue weighted by Gasteiger charge is -2.07.